The highest BCUT2D eigenvalue weighted by Gasteiger charge is 2.13. The second kappa shape index (κ2) is 5.72. The van der Waals surface area contributed by atoms with E-state index in [9.17, 15) is 10.1 Å². The second-order valence-corrected chi connectivity index (χ2v) is 4.29. The molecule has 1 aromatic rings. The summed E-state index contributed by atoms with van der Waals surface area (Å²) in [6, 6.07) is 5.19. The molecular weight excluding hydrogens is 214 g/mol. The molecule has 0 aromatic heterocycles. The molecule has 15 heavy (non-hydrogen) atoms. The van der Waals surface area contributed by atoms with Crippen LogP contribution in [0.1, 0.15) is 12.0 Å². The highest BCUT2D eigenvalue weighted by atomic mass is 32.2. The summed E-state index contributed by atoms with van der Waals surface area (Å²) in [6.07, 6.45) is 0.649. The smallest absolute Gasteiger partial charge is 0.283 e. The Hall–Kier alpha value is -1.07. The molecule has 0 saturated carbocycles. The Bertz CT molecular complexity index is 355. The number of nitrogens with zero attached hydrogens (tertiary/aromatic N) is 1. The first-order valence-corrected chi connectivity index (χ1v) is 5.62. The molecule has 0 spiro atoms. The van der Waals surface area contributed by atoms with Gasteiger partial charge in [0, 0.05) is 18.4 Å². The van der Waals surface area contributed by atoms with Crippen LogP contribution in [-0.2, 0) is 0 Å². The van der Waals surface area contributed by atoms with Crippen molar-refractivity contribution in [2.75, 3.05) is 12.4 Å². The fourth-order valence-corrected chi connectivity index (χ4v) is 2.08. The van der Waals surface area contributed by atoms with Gasteiger partial charge < -0.3 is 5.11 Å². The minimum Gasteiger partial charge on any atom is -0.396 e. The van der Waals surface area contributed by atoms with Gasteiger partial charge in [0.15, 0.2) is 0 Å². The zero-order valence-electron chi connectivity index (χ0n) is 8.47. The number of aryl methyl sites for hydroxylation is 1. The third-order valence-corrected chi connectivity index (χ3v) is 3.02. The first-order chi connectivity index (χ1) is 7.15. The van der Waals surface area contributed by atoms with Crippen molar-refractivity contribution in [2.24, 2.45) is 0 Å². The van der Waals surface area contributed by atoms with Crippen LogP contribution in [0.2, 0.25) is 0 Å². The van der Waals surface area contributed by atoms with Crippen molar-refractivity contribution in [2.45, 2.75) is 18.2 Å². The molecular formula is C10H13NO3S. The summed E-state index contributed by atoms with van der Waals surface area (Å²) in [5, 5.41) is 19.4. The quantitative estimate of drug-likeness (QED) is 0.363. The number of aliphatic hydroxyl groups excluding tert-OH is 1. The molecule has 0 saturated heterocycles. The van der Waals surface area contributed by atoms with E-state index in [0.29, 0.717) is 17.1 Å². The molecule has 5 heteroatoms. The van der Waals surface area contributed by atoms with Gasteiger partial charge in [-0.05, 0) is 25.0 Å². The number of nitro groups is 1. The maximum atomic E-state index is 10.7. The normalized spacial score (nSPS) is 10.3. The van der Waals surface area contributed by atoms with Crippen LogP contribution in [0, 0.1) is 17.0 Å². The van der Waals surface area contributed by atoms with Crippen molar-refractivity contribution < 1.29 is 10.0 Å². The van der Waals surface area contributed by atoms with E-state index in [1.807, 2.05) is 13.0 Å². The Labute approximate surface area is 92.5 Å². The van der Waals surface area contributed by atoms with Gasteiger partial charge in [-0.25, -0.2) is 0 Å². The minimum absolute atomic E-state index is 0.118. The lowest BCUT2D eigenvalue weighted by molar-refractivity contribution is -0.387. The maximum absolute atomic E-state index is 10.7. The van der Waals surface area contributed by atoms with Gasteiger partial charge >= 0.3 is 0 Å². The lowest BCUT2D eigenvalue weighted by atomic mass is 10.2. The van der Waals surface area contributed by atoms with Crippen molar-refractivity contribution in [3.63, 3.8) is 0 Å². The van der Waals surface area contributed by atoms with E-state index in [-0.39, 0.29) is 17.2 Å². The molecule has 1 N–H and O–H groups in total. The Morgan fingerprint density at radius 1 is 1.53 bits per heavy atom. The van der Waals surface area contributed by atoms with Gasteiger partial charge in [-0.1, -0.05) is 6.07 Å². The molecule has 4 nitrogen and oxygen atoms in total. The van der Waals surface area contributed by atoms with Crippen LogP contribution in [0.5, 0.6) is 0 Å². The number of benzene rings is 1. The lowest BCUT2D eigenvalue weighted by Crippen LogP contribution is -1.93. The molecule has 0 heterocycles. The molecule has 0 fully saturated rings. The number of hydrogen-bond donors (Lipinski definition) is 1. The summed E-state index contributed by atoms with van der Waals surface area (Å²) in [5.74, 6) is 0.695. The van der Waals surface area contributed by atoms with Crippen molar-refractivity contribution >= 4 is 17.4 Å². The standard InChI is InChI=1S/C10H13NO3S/c1-8-3-4-10(15-6-2-5-12)9(7-8)11(13)14/h3-4,7,12H,2,5-6H2,1H3. The summed E-state index contributed by atoms with van der Waals surface area (Å²) >= 11 is 1.41. The number of thioether (sulfide) groups is 1. The highest BCUT2D eigenvalue weighted by Crippen LogP contribution is 2.30. The Morgan fingerprint density at radius 3 is 2.87 bits per heavy atom. The summed E-state index contributed by atoms with van der Waals surface area (Å²) in [5.41, 5.74) is 1.03. The fourth-order valence-electron chi connectivity index (χ4n) is 1.14. The fraction of sp³-hybridized carbons (Fsp3) is 0.400. The Kier molecular flexibility index (Phi) is 4.58. The average Bonchev–Trinajstić information content (AvgIpc) is 2.20. The SMILES string of the molecule is Cc1ccc(SCCCO)c([N+](=O)[O-])c1. The van der Waals surface area contributed by atoms with E-state index in [0.717, 1.165) is 5.56 Å². The monoisotopic (exact) mass is 227 g/mol. The number of hydrogen-bond acceptors (Lipinski definition) is 4. The third-order valence-electron chi connectivity index (χ3n) is 1.87. The van der Waals surface area contributed by atoms with E-state index in [2.05, 4.69) is 0 Å². The van der Waals surface area contributed by atoms with Crippen molar-refractivity contribution in [1.29, 1.82) is 0 Å². The number of nitro benzene ring substituents is 1. The van der Waals surface area contributed by atoms with E-state index in [4.69, 9.17) is 5.11 Å². The topological polar surface area (TPSA) is 63.4 Å². The van der Waals surface area contributed by atoms with E-state index in [1.54, 1.807) is 12.1 Å². The summed E-state index contributed by atoms with van der Waals surface area (Å²) in [4.78, 5) is 11.0. The molecule has 0 atom stereocenters. The lowest BCUT2D eigenvalue weighted by Gasteiger charge is -2.02. The van der Waals surface area contributed by atoms with Crippen LogP contribution in [-0.4, -0.2) is 22.4 Å². The number of aliphatic hydroxyl groups is 1. The van der Waals surface area contributed by atoms with Gasteiger partial charge in [0.25, 0.3) is 5.69 Å². The van der Waals surface area contributed by atoms with Crippen molar-refractivity contribution in [3.8, 4) is 0 Å². The van der Waals surface area contributed by atoms with Gasteiger partial charge in [0.2, 0.25) is 0 Å². The van der Waals surface area contributed by atoms with Crippen LogP contribution in [0.15, 0.2) is 23.1 Å². The zero-order valence-corrected chi connectivity index (χ0v) is 9.29. The van der Waals surface area contributed by atoms with E-state index < -0.39 is 0 Å². The van der Waals surface area contributed by atoms with Crippen LogP contribution in [0.25, 0.3) is 0 Å². The zero-order chi connectivity index (χ0) is 11.3. The van der Waals surface area contributed by atoms with Crippen molar-refractivity contribution in [1.82, 2.24) is 0 Å². The first-order valence-electron chi connectivity index (χ1n) is 4.64. The molecule has 82 valence electrons. The minimum atomic E-state index is -0.367. The van der Waals surface area contributed by atoms with Crippen LogP contribution in [0.4, 0.5) is 5.69 Å². The molecule has 0 radical (unpaired) electrons. The van der Waals surface area contributed by atoms with Gasteiger partial charge in [0.1, 0.15) is 0 Å². The molecule has 0 aliphatic carbocycles. The Morgan fingerprint density at radius 2 is 2.27 bits per heavy atom. The highest BCUT2D eigenvalue weighted by molar-refractivity contribution is 7.99. The van der Waals surface area contributed by atoms with E-state index in [1.165, 1.54) is 11.8 Å². The van der Waals surface area contributed by atoms with Gasteiger partial charge in [-0.2, -0.15) is 0 Å². The first kappa shape index (κ1) is 12.0. The predicted octanol–water partition coefficient (Wildman–Crippen LogP) is 2.38. The summed E-state index contributed by atoms with van der Waals surface area (Å²) < 4.78 is 0. The molecule has 0 unspecified atom stereocenters. The van der Waals surface area contributed by atoms with Crippen molar-refractivity contribution in [3.05, 3.63) is 33.9 Å². The van der Waals surface area contributed by atoms with Gasteiger partial charge in [0.05, 0.1) is 9.82 Å². The van der Waals surface area contributed by atoms with Crippen LogP contribution in [0.3, 0.4) is 0 Å². The third kappa shape index (κ3) is 3.53. The molecule has 0 aliphatic rings. The van der Waals surface area contributed by atoms with Gasteiger partial charge in [-0.3, -0.25) is 10.1 Å². The second-order valence-electron chi connectivity index (χ2n) is 3.15. The number of rotatable bonds is 5. The molecule has 1 rings (SSSR count). The molecule has 0 aliphatic heterocycles. The Balaban J connectivity index is 2.81. The molecule has 0 amide bonds. The average molecular weight is 227 g/mol. The molecule has 1 aromatic carbocycles. The summed E-state index contributed by atoms with van der Waals surface area (Å²) in [7, 11) is 0. The van der Waals surface area contributed by atoms with Gasteiger partial charge in [-0.15, -0.1) is 11.8 Å². The maximum Gasteiger partial charge on any atom is 0.283 e. The van der Waals surface area contributed by atoms with Crippen LogP contribution >= 0.6 is 11.8 Å². The van der Waals surface area contributed by atoms with E-state index >= 15 is 0 Å². The predicted molar refractivity (Wildman–Crippen MR) is 60.3 cm³/mol. The van der Waals surface area contributed by atoms with Crippen LogP contribution < -0.4 is 0 Å². The largest absolute Gasteiger partial charge is 0.396 e. The molecule has 0 bridgehead atoms. The summed E-state index contributed by atoms with van der Waals surface area (Å²) in [6.45, 7) is 1.95.